The second-order valence-corrected chi connectivity index (χ2v) is 6.39. The first-order valence-electron chi connectivity index (χ1n) is 6.14. The second kappa shape index (κ2) is 5.24. The Labute approximate surface area is 117 Å². The summed E-state index contributed by atoms with van der Waals surface area (Å²) < 4.78 is 41.9. The Morgan fingerprint density at radius 2 is 1.95 bits per heavy atom. The first-order chi connectivity index (χ1) is 9.31. The molecule has 2 aromatic rings. The molecule has 7 heteroatoms. The molecule has 1 aromatic carbocycles. The van der Waals surface area contributed by atoms with Crippen molar-refractivity contribution < 1.29 is 12.8 Å². The van der Waals surface area contributed by atoms with Crippen molar-refractivity contribution in [2.45, 2.75) is 31.7 Å². The van der Waals surface area contributed by atoms with Gasteiger partial charge in [-0.25, -0.2) is 12.8 Å². The van der Waals surface area contributed by atoms with Gasteiger partial charge >= 0.3 is 0 Å². The molecule has 0 aliphatic rings. The van der Waals surface area contributed by atoms with Crippen LogP contribution in [0.1, 0.15) is 25.6 Å². The van der Waals surface area contributed by atoms with E-state index in [2.05, 4.69) is 9.82 Å². The molecule has 0 saturated carbocycles. The van der Waals surface area contributed by atoms with Gasteiger partial charge in [-0.3, -0.25) is 9.40 Å². The number of halogens is 1. The lowest BCUT2D eigenvalue weighted by atomic mass is 10.3. The first kappa shape index (κ1) is 14.5. The van der Waals surface area contributed by atoms with Gasteiger partial charge in [0.1, 0.15) is 10.7 Å². The number of anilines is 1. The summed E-state index contributed by atoms with van der Waals surface area (Å²) in [5, 5.41) is 4.14. The number of benzene rings is 1. The van der Waals surface area contributed by atoms with Crippen molar-refractivity contribution in [3.05, 3.63) is 42.0 Å². The van der Waals surface area contributed by atoms with Crippen molar-refractivity contribution in [1.82, 2.24) is 9.78 Å². The predicted molar refractivity (Wildman–Crippen MR) is 74.6 cm³/mol. The van der Waals surface area contributed by atoms with Crippen LogP contribution >= 0.6 is 0 Å². The highest BCUT2D eigenvalue weighted by molar-refractivity contribution is 7.92. The maximum Gasteiger partial charge on any atom is 0.265 e. The van der Waals surface area contributed by atoms with E-state index in [0.29, 0.717) is 5.69 Å². The minimum absolute atomic E-state index is 0.0473. The number of nitrogens with one attached hydrogen (secondary N) is 1. The standard InChI is InChI=1S/C13H16FN3O2S/c1-9(2)17-8-13(10(3)15-17)20(18,19)16-12-7-5-4-6-11(12)14/h4-9,16H,1-3H3. The van der Waals surface area contributed by atoms with Gasteiger partial charge in [-0.2, -0.15) is 5.10 Å². The molecule has 0 spiro atoms. The van der Waals surface area contributed by atoms with Gasteiger partial charge in [0, 0.05) is 12.2 Å². The van der Waals surface area contributed by atoms with E-state index in [1.54, 1.807) is 17.7 Å². The van der Waals surface area contributed by atoms with Crippen LogP contribution in [0.25, 0.3) is 0 Å². The molecule has 0 radical (unpaired) electrons. The van der Waals surface area contributed by atoms with Gasteiger partial charge in [-0.05, 0) is 32.9 Å². The van der Waals surface area contributed by atoms with E-state index >= 15 is 0 Å². The number of aromatic nitrogens is 2. The number of hydrogen-bond acceptors (Lipinski definition) is 3. The number of para-hydroxylation sites is 1. The quantitative estimate of drug-likeness (QED) is 0.943. The van der Waals surface area contributed by atoms with E-state index in [-0.39, 0.29) is 16.6 Å². The summed E-state index contributed by atoms with van der Waals surface area (Å²) in [5.74, 6) is -0.620. The average molecular weight is 297 g/mol. The van der Waals surface area contributed by atoms with Gasteiger partial charge in [-0.1, -0.05) is 12.1 Å². The molecular weight excluding hydrogens is 281 g/mol. The normalized spacial score (nSPS) is 11.8. The maximum atomic E-state index is 13.5. The molecule has 20 heavy (non-hydrogen) atoms. The van der Waals surface area contributed by atoms with E-state index in [1.807, 2.05) is 13.8 Å². The number of hydrogen-bond donors (Lipinski definition) is 1. The lowest BCUT2D eigenvalue weighted by molar-refractivity contribution is 0.528. The van der Waals surface area contributed by atoms with Gasteiger partial charge < -0.3 is 0 Å². The molecule has 0 bridgehead atoms. The third-order valence-corrected chi connectivity index (χ3v) is 4.28. The van der Waals surface area contributed by atoms with Crippen LogP contribution in [0.3, 0.4) is 0 Å². The minimum Gasteiger partial charge on any atom is -0.277 e. The van der Waals surface area contributed by atoms with E-state index in [9.17, 15) is 12.8 Å². The van der Waals surface area contributed by atoms with Gasteiger partial charge in [0.25, 0.3) is 10.0 Å². The number of aryl methyl sites for hydroxylation is 1. The Balaban J connectivity index is 2.39. The summed E-state index contributed by atoms with van der Waals surface area (Å²) >= 11 is 0. The van der Waals surface area contributed by atoms with Crippen LogP contribution in [-0.4, -0.2) is 18.2 Å². The summed E-state index contributed by atoms with van der Waals surface area (Å²) in [6.45, 7) is 5.40. The molecule has 1 heterocycles. The molecule has 0 aliphatic carbocycles. The molecule has 0 saturated heterocycles. The van der Waals surface area contributed by atoms with Gasteiger partial charge in [-0.15, -0.1) is 0 Å². The predicted octanol–water partition coefficient (Wildman–Crippen LogP) is 2.71. The summed E-state index contributed by atoms with van der Waals surface area (Å²) in [6.07, 6.45) is 1.45. The van der Waals surface area contributed by atoms with E-state index in [4.69, 9.17) is 0 Å². The zero-order valence-corrected chi connectivity index (χ0v) is 12.3. The van der Waals surface area contributed by atoms with Gasteiger partial charge in [0.15, 0.2) is 0 Å². The zero-order valence-electron chi connectivity index (χ0n) is 11.5. The molecule has 1 N–H and O–H groups in total. The van der Waals surface area contributed by atoms with E-state index in [0.717, 1.165) is 0 Å². The molecule has 5 nitrogen and oxygen atoms in total. The van der Waals surface area contributed by atoms with Gasteiger partial charge in [0.05, 0.1) is 11.4 Å². The summed E-state index contributed by atoms with van der Waals surface area (Å²) in [7, 11) is -3.85. The van der Waals surface area contributed by atoms with Gasteiger partial charge in [0.2, 0.25) is 0 Å². The molecule has 0 unspecified atom stereocenters. The van der Waals surface area contributed by atoms with Crippen LogP contribution in [0.5, 0.6) is 0 Å². The molecule has 108 valence electrons. The highest BCUT2D eigenvalue weighted by Crippen LogP contribution is 2.21. The molecule has 2 rings (SSSR count). The number of sulfonamides is 1. The largest absolute Gasteiger partial charge is 0.277 e. The van der Waals surface area contributed by atoms with Crippen molar-refractivity contribution >= 4 is 15.7 Å². The summed E-state index contributed by atoms with van der Waals surface area (Å²) in [4.78, 5) is 0.0504. The summed E-state index contributed by atoms with van der Waals surface area (Å²) in [6, 6.07) is 5.67. The molecule has 0 aliphatic heterocycles. The Hall–Kier alpha value is -1.89. The van der Waals surface area contributed by atoms with Crippen molar-refractivity contribution in [1.29, 1.82) is 0 Å². The second-order valence-electron chi connectivity index (χ2n) is 4.74. The Morgan fingerprint density at radius 3 is 2.50 bits per heavy atom. The van der Waals surface area contributed by atoms with Crippen LogP contribution in [0, 0.1) is 12.7 Å². The molecule has 1 aromatic heterocycles. The fraction of sp³-hybridized carbons (Fsp3) is 0.308. The van der Waals surface area contributed by atoms with E-state index in [1.165, 1.54) is 24.4 Å². The Bertz CT molecular complexity index is 723. The third-order valence-electron chi connectivity index (χ3n) is 2.81. The number of rotatable bonds is 4. The highest BCUT2D eigenvalue weighted by Gasteiger charge is 2.22. The van der Waals surface area contributed by atoms with Crippen LogP contribution in [0.4, 0.5) is 10.1 Å². The Morgan fingerprint density at radius 1 is 1.30 bits per heavy atom. The van der Waals surface area contributed by atoms with Crippen molar-refractivity contribution in [3.63, 3.8) is 0 Å². The van der Waals surface area contributed by atoms with Crippen molar-refractivity contribution in [2.24, 2.45) is 0 Å². The van der Waals surface area contributed by atoms with Crippen LogP contribution in [0.2, 0.25) is 0 Å². The van der Waals surface area contributed by atoms with Crippen LogP contribution in [0.15, 0.2) is 35.4 Å². The SMILES string of the molecule is Cc1nn(C(C)C)cc1S(=O)(=O)Nc1ccccc1F. The van der Waals surface area contributed by atoms with E-state index < -0.39 is 15.8 Å². The molecule has 0 atom stereocenters. The number of nitrogens with zero attached hydrogens (tertiary/aromatic N) is 2. The molecule has 0 amide bonds. The lowest BCUT2D eigenvalue weighted by Crippen LogP contribution is -2.14. The molecular formula is C13H16FN3O2S. The van der Waals surface area contributed by atoms with Crippen molar-refractivity contribution in [3.8, 4) is 0 Å². The lowest BCUT2D eigenvalue weighted by Gasteiger charge is -2.07. The van der Waals surface area contributed by atoms with Crippen LogP contribution in [-0.2, 0) is 10.0 Å². The topological polar surface area (TPSA) is 64.0 Å². The fourth-order valence-electron chi connectivity index (χ4n) is 1.74. The molecule has 0 fully saturated rings. The van der Waals surface area contributed by atoms with Crippen molar-refractivity contribution in [2.75, 3.05) is 4.72 Å². The fourth-order valence-corrected chi connectivity index (χ4v) is 2.98. The minimum atomic E-state index is -3.85. The smallest absolute Gasteiger partial charge is 0.265 e. The third kappa shape index (κ3) is 2.82. The average Bonchev–Trinajstić information content (AvgIpc) is 2.75. The summed E-state index contributed by atoms with van der Waals surface area (Å²) in [5.41, 5.74) is 0.298. The van der Waals surface area contributed by atoms with Crippen LogP contribution < -0.4 is 4.72 Å². The Kier molecular flexibility index (Phi) is 3.80. The first-order valence-corrected chi connectivity index (χ1v) is 7.62. The monoisotopic (exact) mass is 297 g/mol. The highest BCUT2D eigenvalue weighted by atomic mass is 32.2. The zero-order chi connectivity index (χ0) is 14.9. The maximum absolute atomic E-state index is 13.5.